The Morgan fingerprint density at radius 3 is 2.95 bits per heavy atom. The maximum absolute atomic E-state index is 12.3. The van der Waals surface area contributed by atoms with E-state index in [1.54, 1.807) is 0 Å². The van der Waals surface area contributed by atoms with Crippen LogP contribution < -0.4 is 10.0 Å². The third kappa shape index (κ3) is 4.65. The lowest BCUT2D eigenvalue weighted by atomic mass is 9.95. The highest BCUT2D eigenvalue weighted by molar-refractivity contribution is 7.89. The summed E-state index contributed by atoms with van der Waals surface area (Å²) in [6.45, 7) is 3.79. The van der Waals surface area contributed by atoms with Gasteiger partial charge in [0, 0.05) is 19.6 Å². The molecular formula is C12H23ClN4O3S. The van der Waals surface area contributed by atoms with Crippen LogP contribution in [-0.4, -0.2) is 48.5 Å². The Labute approximate surface area is 131 Å². The number of nitrogens with one attached hydrogen (secondary N) is 2. The van der Waals surface area contributed by atoms with Crippen molar-refractivity contribution >= 4 is 22.4 Å². The minimum atomic E-state index is -3.64. The van der Waals surface area contributed by atoms with Crippen LogP contribution in [0.15, 0.2) is 17.3 Å². The zero-order chi connectivity index (χ0) is 14.6. The second-order valence-electron chi connectivity index (χ2n) is 5.22. The van der Waals surface area contributed by atoms with Gasteiger partial charge in [0.15, 0.2) is 5.03 Å². The quantitative estimate of drug-likeness (QED) is 0.684. The largest absolute Gasteiger partial charge is 0.387 e. The first-order valence-corrected chi connectivity index (χ1v) is 8.40. The zero-order valence-electron chi connectivity index (χ0n) is 12.1. The maximum Gasteiger partial charge on any atom is 0.257 e. The van der Waals surface area contributed by atoms with Gasteiger partial charge in [-0.3, -0.25) is 4.68 Å². The van der Waals surface area contributed by atoms with Crippen molar-refractivity contribution in [3.63, 3.8) is 0 Å². The highest BCUT2D eigenvalue weighted by atomic mass is 35.5. The molecule has 0 saturated carbocycles. The zero-order valence-corrected chi connectivity index (χ0v) is 13.7. The number of piperidine rings is 1. The summed E-state index contributed by atoms with van der Waals surface area (Å²) < 4.78 is 28.5. The van der Waals surface area contributed by atoms with Crippen LogP contribution in [0.3, 0.4) is 0 Å². The molecule has 1 fully saturated rings. The average Bonchev–Trinajstić information content (AvgIpc) is 2.87. The summed E-state index contributed by atoms with van der Waals surface area (Å²) >= 11 is 0. The van der Waals surface area contributed by atoms with Gasteiger partial charge in [-0.15, -0.1) is 12.4 Å². The fraction of sp³-hybridized carbons (Fsp3) is 0.750. The lowest BCUT2D eigenvalue weighted by Crippen LogP contribution is -2.52. The maximum atomic E-state index is 12.3. The second-order valence-corrected chi connectivity index (χ2v) is 6.94. The summed E-state index contributed by atoms with van der Waals surface area (Å²) in [6, 6.07) is 1.47. The summed E-state index contributed by atoms with van der Waals surface area (Å²) in [5.41, 5.74) is -1.01. The minimum absolute atomic E-state index is 0. The van der Waals surface area contributed by atoms with Gasteiger partial charge >= 0.3 is 0 Å². The first-order valence-electron chi connectivity index (χ1n) is 6.91. The average molecular weight is 339 g/mol. The SMILES string of the molecule is CCCn1nccc1S(=O)(=O)NCC1(O)CCCNC1.Cl. The van der Waals surface area contributed by atoms with Crippen molar-refractivity contribution in [1.29, 1.82) is 0 Å². The van der Waals surface area contributed by atoms with E-state index in [0.29, 0.717) is 19.5 Å². The Hall–Kier alpha value is -0.670. The third-order valence-corrected chi connectivity index (χ3v) is 4.85. The van der Waals surface area contributed by atoms with Gasteiger partial charge in [-0.2, -0.15) is 5.10 Å². The van der Waals surface area contributed by atoms with E-state index < -0.39 is 15.6 Å². The summed E-state index contributed by atoms with van der Waals surface area (Å²) in [6.07, 6.45) is 3.71. The molecule has 0 aliphatic carbocycles. The molecule has 122 valence electrons. The van der Waals surface area contributed by atoms with Gasteiger partial charge in [-0.05, 0) is 31.9 Å². The molecule has 0 bridgehead atoms. The van der Waals surface area contributed by atoms with E-state index in [2.05, 4.69) is 15.1 Å². The molecule has 1 aromatic heterocycles. The Morgan fingerprint density at radius 1 is 1.57 bits per heavy atom. The van der Waals surface area contributed by atoms with Crippen molar-refractivity contribution in [2.45, 2.75) is 43.4 Å². The van der Waals surface area contributed by atoms with Gasteiger partial charge in [-0.25, -0.2) is 13.1 Å². The number of halogens is 1. The Morgan fingerprint density at radius 2 is 2.33 bits per heavy atom. The van der Waals surface area contributed by atoms with Gasteiger partial charge in [-0.1, -0.05) is 6.92 Å². The number of hydrogen-bond donors (Lipinski definition) is 3. The molecule has 0 radical (unpaired) electrons. The second kappa shape index (κ2) is 7.55. The van der Waals surface area contributed by atoms with E-state index in [0.717, 1.165) is 19.4 Å². The number of aliphatic hydroxyl groups is 1. The number of rotatable bonds is 6. The summed E-state index contributed by atoms with van der Waals surface area (Å²) in [5.74, 6) is 0. The highest BCUT2D eigenvalue weighted by Crippen LogP contribution is 2.16. The molecule has 0 amide bonds. The molecule has 0 aromatic carbocycles. The molecule has 2 heterocycles. The van der Waals surface area contributed by atoms with E-state index in [1.165, 1.54) is 16.9 Å². The van der Waals surface area contributed by atoms with Crippen LogP contribution in [0.1, 0.15) is 26.2 Å². The fourth-order valence-corrected chi connectivity index (χ4v) is 3.60. The van der Waals surface area contributed by atoms with Crippen LogP contribution in [0, 0.1) is 0 Å². The van der Waals surface area contributed by atoms with Gasteiger partial charge in [0.05, 0.1) is 11.8 Å². The first kappa shape index (κ1) is 18.4. The van der Waals surface area contributed by atoms with E-state index in [1.807, 2.05) is 6.92 Å². The third-order valence-electron chi connectivity index (χ3n) is 3.43. The van der Waals surface area contributed by atoms with Crippen LogP contribution in [-0.2, 0) is 16.6 Å². The molecule has 1 aromatic rings. The molecule has 1 saturated heterocycles. The molecule has 1 atom stereocenters. The van der Waals surface area contributed by atoms with Crippen LogP contribution in [0.5, 0.6) is 0 Å². The molecule has 1 aliphatic heterocycles. The van der Waals surface area contributed by atoms with Crippen LogP contribution in [0.25, 0.3) is 0 Å². The topological polar surface area (TPSA) is 96.2 Å². The number of aromatic nitrogens is 2. The number of β-amino-alcohol motifs (C(OH)–C–C–N with tert-alkyl or cyclic N) is 1. The number of nitrogens with zero attached hydrogens (tertiary/aromatic N) is 2. The molecule has 3 N–H and O–H groups in total. The number of aryl methyl sites for hydroxylation is 1. The molecule has 21 heavy (non-hydrogen) atoms. The van der Waals surface area contributed by atoms with Gasteiger partial charge < -0.3 is 10.4 Å². The van der Waals surface area contributed by atoms with Crippen molar-refractivity contribution in [3.8, 4) is 0 Å². The summed E-state index contributed by atoms with van der Waals surface area (Å²) in [7, 11) is -3.64. The standard InChI is InChI=1S/C12H22N4O3S.ClH/c1-2-8-16-11(4-7-14-16)20(18,19)15-10-12(17)5-3-6-13-9-12;/h4,7,13,15,17H,2-3,5-6,8-10H2,1H3;1H. The van der Waals surface area contributed by atoms with Gasteiger partial charge in [0.1, 0.15) is 0 Å². The van der Waals surface area contributed by atoms with E-state index in [9.17, 15) is 13.5 Å². The Kier molecular flexibility index (Phi) is 6.61. The minimum Gasteiger partial charge on any atom is -0.387 e. The fourth-order valence-electron chi connectivity index (χ4n) is 2.33. The molecule has 1 unspecified atom stereocenters. The lowest BCUT2D eigenvalue weighted by molar-refractivity contribution is 0.0218. The number of hydrogen-bond acceptors (Lipinski definition) is 5. The van der Waals surface area contributed by atoms with E-state index in [4.69, 9.17) is 0 Å². The van der Waals surface area contributed by atoms with Crippen molar-refractivity contribution in [3.05, 3.63) is 12.3 Å². The highest BCUT2D eigenvalue weighted by Gasteiger charge is 2.31. The van der Waals surface area contributed by atoms with Gasteiger partial charge in [0.25, 0.3) is 10.0 Å². The van der Waals surface area contributed by atoms with Crippen molar-refractivity contribution in [2.75, 3.05) is 19.6 Å². The van der Waals surface area contributed by atoms with E-state index in [-0.39, 0.29) is 24.0 Å². The molecule has 1 aliphatic rings. The molecule has 0 spiro atoms. The Balaban J connectivity index is 0.00000220. The molecule has 7 nitrogen and oxygen atoms in total. The molecule has 9 heteroatoms. The molecule has 2 rings (SSSR count). The van der Waals surface area contributed by atoms with Crippen molar-refractivity contribution in [1.82, 2.24) is 19.8 Å². The normalized spacial score (nSPS) is 22.8. The Bertz CT molecular complexity index is 540. The monoisotopic (exact) mass is 338 g/mol. The summed E-state index contributed by atoms with van der Waals surface area (Å²) in [4.78, 5) is 0. The van der Waals surface area contributed by atoms with Crippen LogP contribution >= 0.6 is 12.4 Å². The van der Waals surface area contributed by atoms with E-state index >= 15 is 0 Å². The number of sulfonamides is 1. The van der Waals surface area contributed by atoms with Crippen molar-refractivity contribution in [2.24, 2.45) is 0 Å². The van der Waals surface area contributed by atoms with Crippen LogP contribution in [0.2, 0.25) is 0 Å². The predicted octanol–water partition coefficient (Wildman–Crippen LogP) is 0.108. The summed E-state index contributed by atoms with van der Waals surface area (Å²) in [5, 5.41) is 17.5. The first-order chi connectivity index (χ1) is 9.47. The van der Waals surface area contributed by atoms with Crippen LogP contribution in [0.4, 0.5) is 0 Å². The smallest absolute Gasteiger partial charge is 0.257 e. The predicted molar refractivity (Wildman–Crippen MR) is 82.0 cm³/mol. The van der Waals surface area contributed by atoms with Gasteiger partial charge in [0.2, 0.25) is 0 Å². The van der Waals surface area contributed by atoms with Crippen molar-refractivity contribution < 1.29 is 13.5 Å². The molecular weight excluding hydrogens is 316 g/mol. The lowest BCUT2D eigenvalue weighted by Gasteiger charge is -2.32.